The number of anilines is 1. The molecule has 0 aromatic heterocycles. The van der Waals surface area contributed by atoms with E-state index in [0.717, 1.165) is 29.4 Å². The Bertz CT molecular complexity index is 397. The summed E-state index contributed by atoms with van der Waals surface area (Å²) in [5.74, 6) is 0. The van der Waals surface area contributed by atoms with Crippen LogP contribution in [0.2, 0.25) is 0 Å². The average molecular weight is 313 g/mol. The lowest BCUT2D eigenvalue weighted by Crippen LogP contribution is -2.29. The average Bonchev–Trinajstić information content (AvgIpc) is 2.84. The molecule has 1 fully saturated rings. The molecule has 3 nitrogen and oxygen atoms in total. The highest BCUT2D eigenvalue weighted by atomic mass is 79.9. The number of aliphatic hydroxyl groups is 1. The van der Waals surface area contributed by atoms with E-state index in [0.29, 0.717) is 19.2 Å². The summed E-state index contributed by atoms with van der Waals surface area (Å²) in [6, 6.07) is 7.00. The lowest BCUT2D eigenvalue weighted by molar-refractivity contribution is 0.279. The molecule has 1 aromatic carbocycles. The molecule has 4 heteroatoms. The fourth-order valence-electron chi connectivity index (χ4n) is 2.68. The van der Waals surface area contributed by atoms with Crippen LogP contribution in [0.15, 0.2) is 22.7 Å². The van der Waals surface area contributed by atoms with E-state index in [2.05, 4.69) is 39.0 Å². The first-order valence-corrected chi connectivity index (χ1v) is 7.41. The summed E-state index contributed by atoms with van der Waals surface area (Å²) >= 11 is 3.58. The second-order valence-electron chi connectivity index (χ2n) is 4.84. The van der Waals surface area contributed by atoms with Crippen LogP contribution in [0, 0.1) is 0 Å². The van der Waals surface area contributed by atoms with Gasteiger partial charge < -0.3 is 15.7 Å². The van der Waals surface area contributed by atoms with Gasteiger partial charge in [-0.25, -0.2) is 0 Å². The van der Waals surface area contributed by atoms with Crippen LogP contribution in [0.4, 0.5) is 5.69 Å². The van der Waals surface area contributed by atoms with Crippen molar-refractivity contribution in [1.29, 1.82) is 0 Å². The first-order valence-electron chi connectivity index (χ1n) is 6.62. The fraction of sp³-hybridized carbons (Fsp3) is 0.571. The molecule has 1 aromatic rings. The quantitative estimate of drug-likeness (QED) is 0.878. The number of nitrogens with zero attached hydrogens (tertiary/aromatic N) is 1. The smallest absolute Gasteiger partial charge is 0.0431 e. The first kappa shape index (κ1) is 13.8. The Morgan fingerprint density at radius 3 is 2.94 bits per heavy atom. The predicted molar refractivity (Wildman–Crippen MR) is 78.7 cm³/mol. The van der Waals surface area contributed by atoms with Gasteiger partial charge in [-0.15, -0.1) is 0 Å². The Morgan fingerprint density at radius 2 is 2.28 bits per heavy atom. The number of rotatable bonds is 5. The number of halogens is 1. The molecule has 2 rings (SSSR count). The van der Waals surface area contributed by atoms with E-state index < -0.39 is 0 Å². The standard InChI is InChI=1S/C14H21BrN2O/c15-14-9-13(6-5-11(14)10-16)17-7-1-3-12(17)4-2-8-18/h5-6,9,12,18H,1-4,7-8,10,16H2. The lowest BCUT2D eigenvalue weighted by atomic mass is 10.1. The zero-order chi connectivity index (χ0) is 13.0. The van der Waals surface area contributed by atoms with Gasteiger partial charge in [-0.3, -0.25) is 0 Å². The molecular formula is C14H21BrN2O. The molecule has 0 aliphatic carbocycles. The van der Waals surface area contributed by atoms with Crippen molar-refractivity contribution in [2.45, 2.75) is 38.3 Å². The largest absolute Gasteiger partial charge is 0.396 e. The van der Waals surface area contributed by atoms with E-state index in [1.165, 1.54) is 18.5 Å². The maximum absolute atomic E-state index is 8.96. The number of hydrogen-bond acceptors (Lipinski definition) is 3. The van der Waals surface area contributed by atoms with Crippen molar-refractivity contribution in [3.8, 4) is 0 Å². The van der Waals surface area contributed by atoms with Gasteiger partial charge in [0, 0.05) is 35.9 Å². The summed E-state index contributed by atoms with van der Waals surface area (Å²) in [6.07, 6.45) is 4.44. The predicted octanol–water partition coefficient (Wildman–Crippen LogP) is 2.65. The van der Waals surface area contributed by atoms with Crippen LogP contribution in [0.1, 0.15) is 31.2 Å². The molecular weight excluding hydrogens is 292 g/mol. The van der Waals surface area contributed by atoms with Crippen molar-refractivity contribution in [3.63, 3.8) is 0 Å². The third kappa shape index (κ3) is 3.05. The van der Waals surface area contributed by atoms with Gasteiger partial charge in [0.25, 0.3) is 0 Å². The van der Waals surface area contributed by atoms with Crippen molar-refractivity contribution in [2.24, 2.45) is 5.73 Å². The third-order valence-corrected chi connectivity index (χ3v) is 4.40. The second-order valence-corrected chi connectivity index (χ2v) is 5.69. The van der Waals surface area contributed by atoms with Crippen LogP contribution in [0.3, 0.4) is 0 Å². The minimum atomic E-state index is 0.292. The lowest BCUT2D eigenvalue weighted by Gasteiger charge is -2.27. The molecule has 1 atom stereocenters. The second kappa shape index (κ2) is 6.55. The van der Waals surface area contributed by atoms with Gasteiger partial charge in [-0.05, 0) is 43.4 Å². The van der Waals surface area contributed by atoms with Gasteiger partial charge in [0.05, 0.1) is 0 Å². The molecule has 18 heavy (non-hydrogen) atoms. The van der Waals surface area contributed by atoms with Crippen molar-refractivity contribution >= 4 is 21.6 Å². The minimum absolute atomic E-state index is 0.292. The van der Waals surface area contributed by atoms with Crippen molar-refractivity contribution < 1.29 is 5.11 Å². The van der Waals surface area contributed by atoms with Gasteiger partial charge >= 0.3 is 0 Å². The number of benzene rings is 1. The molecule has 1 aliphatic rings. The maximum atomic E-state index is 8.96. The van der Waals surface area contributed by atoms with Crippen LogP contribution in [-0.2, 0) is 6.54 Å². The monoisotopic (exact) mass is 312 g/mol. The van der Waals surface area contributed by atoms with Crippen LogP contribution in [-0.4, -0.2) is 24.3 Å². The summed E-state index contributed by atoms with van der Waals surface area (Å²) in [4.78, 5) is 2.46. The van der Waals surface area contributed by atoms with Crippen LogP contribution in [0.25, 0.3) is 0 Å². The van der Waals surface area contributed by atoms with E-state index in [9.17, 15) is 0 Å². The molecule has 1 unspecified atom stereocenters. The first-order chi connectivity index (χ1) is 8.76. The maximum Gasteiger partial charge on any atom is 0.0431 e. The molecule has 1 aliphatic heterocycles. The highest BCUT2D eigenvalue weighted by Gasteiger charge is 2.24. The van der Waals surface area contributed by atoms with Crippen LogP contribution in [0.5, 0.6) is 0 Å². The fourth-order valence-corrected chi connectivity index (χ4v) is 3.21. The zero-order valence-electron chi connectivity index (χ0n) is 10.6. The van der Waals surface area contributed by atoms with Gasteiger partial charge in [0.2, 0.25) is 0 Å². The Labute approximate surface area is 117 Å². The molecule has 0 amide bonds. The third-order valence-electron chi connectivity index (χ3n) is 3.66. The Kier molecular flexibility index (Phi) is 5.03. The summed E-state index contributed by atoms with van der Waals surface area (Å²) in [7, 11) is 0. The summed E-state index contributed by atoms with van der Waals surface area (Å²) in [6.45, 7) is 1.97. The van der Waals surface area contributed by atoms with Gasteiger partial charge in [-0.2, -0.15) is 0 Å². The van der Waals surface area contributed by atoms with E-state index >= 15 is 0 Å². The van der Waals surface area contributed by atoms with E-state index in [1.54, 1.807) is 0 Å². The molecule has 0 spiro atoms. The topological polar surface area (TPSA) is 49.5 Å². The highest BCUT2D eigenvalue weighted by molar-refractivity contribution is 9.10. The van der Waals surface area contributed by atoms with Crippen molar-refractivity contribution in [1.82, 2.24) is 0 Å². The van der Waals surface area contributed by atoms with E-state index in [-0.39, 0.29) is 0 Å². The van der Waals surface area contributed by atoms with Crippen molar-refractivity contribution in [3.05, 3.63) is 28.2 Å². The molecule has 3 N–H and O–H groups in total. The number of nitrogens with two attached hydrogens (primary N) is 1. The molecule has 0 saturated carbocycles. The van der Waals surface area contributed by atoms with E-state index in [4.69, 9.17) is 10.8 Å². The number of hydrogen-bond donors (Lipinski definition) is 2. The normalized spacial score (nSPS) is 19.5. The van der Waals surface area contributed by atoms with Crippen LogP contribution < -0.4 is 10.6 Å². The highest BCUT2D eigenvalue weighted by Crippen LogP contribution is 2.31. The minimum Gasteiger partial charge on any atom is -0.396 e. The molecule has 1 saturated heterocycles. The molecule has 100 valence electrons. The molecule has 1 heterocycles. The Hall–Kier alpha value is -0.580. The Morgan fingerprint density at radius 1 is 1.44 bits per heavy atom. The van der Waals surface area contributed by atoms with Crippen molar-refractivity contribution in [2.75, 3.05) is 18.1 Å². The zero-order valence-corrected chi connectivity index (χ0v) is 12.2. The van der Waals surface area contributed by atoms with Gasteiger partial charge in [0.1, 0.15) is 0 Å². The van der Waals surface area contributed by atoms with E-state index in [1.807, 2.05) is 0 Å². The number of aliphatic hydroxyl groups excluding tert-OH is 1. The van der Waals surface area contributed by atoms with Crippen LogP contribution >= 0.6 is 15.9 Å². The summed E-state index contributed by atoms with van der Waals surface area (Å²) in [5, 5.41) is 8.96. The van der Waals surface area contributed by atoms with Gasteiger partial charge in [-0.1, -0.05) is 22.0 Å². The molecule has 0 radical (unpaired) electrons. The molecule has 0 bridgehead atoms. The Balaban J connectivity index is 2.12. The SMILES string of the molecule is NCc1ccc(N2CCCC2CCCO)cc1Br. The summed E-state index contributed by atoms with van der Waals surface area (Å²) < 4.78 is 1.09. The van der Waals surface area contributed by atoms with Gasteiger partial charge in [0.15, 0.2) is 0 Å². The summed E-state index contributed by atoms with van der Waals surface area (Å²) in [5.41, 5.74) is 8.08.